The van der Waals surface area contributed by atoms with E-state index < -0.39 is 0 Å². The second-order valence-electron chi connectivity index (χ2n) is 3.68. The first-order chi connectivity index (χ1) is 7.35. The first-order valence-electron chi connectivity index (χ1n) is 5.31. The van der Waals surface area contributed by atoms with Crippen molar-refractivity contribution in [1.29, 1.82) is 5.26 Å². The zero-order valence-corrected chi connectivity index (χ0v) is 9.63. The minimum atomic E-state index is 0.567. The van der Waals surface area contributed by atoms with Crippen LogP contribution in [0.5, 0.6) is 0 Å². The smallest absolute Gasteiger partial charge is 0.205 e. The van der Waals surface area contributed by atoms with Gasteiger partial charge in [0, 0.05) is 30.5 Å². The lowest BCUT2D eigenvalue weighted by Gasteiger charge is -2.18. The van der Waals surface area contributed by atoms with Crippen molar-refractivity contribution in [3.05, 3.63) is 5.82 Å². The number of anilines is 1. The van der Waals surface area contributed by atoms with Crippen LogP contribution in [-0.2, 0) is 6.42 Å². The summed E-state index contributed by atoms with van der Waals surface area (Å²) in [5.74, 6) is 0.914. The molecule has 5 heteroatoms. The van der Waals surface area contributed by atoms with E-state index in [1.54, 1.807) is 0 Å². The number of nitriles is 1. The molecule has 1 heterocycles. The van der Waals surface area contributed by atoms with Crippen LogP contribution in [0.1, 0.15) is 32.0 Å². The predicted octanol–water partition coefficient (Wildman–Crippen LogP) is 1.98. The summed E-state index contributed by atoms with van der Waals surface area (Å²) in [7, 11) is 0. The van der Waals surface area contributed by atoms with E-state index >= 15 is 0 Å². The van der Waals surface area contributed by atoms with Crippen molar-refractivity contribution in [1.82, 2.24) is 9.36 Å². The van der Waals surface area contributed by atoms with Crippen LogP contribution >= 0.6 is 11.5 Å². The normalized spacial score (nSPS) is 14.9. The SMILES string of the molecule is CCc1nsc(N(CCC#N)C2CC2)n1. The molecule has 0 aliphatic heterocycles. The summed E-state index contributed by atoms with van der Waals surface area (Å²) in [5.41, 5.74) is 0. The van der Waals surface area contributed by atoms with Crippen LogP contribution < -0.4 is 4.90 Å². The van der Waals surface area contributed by atoms with Gasteiger partial charge < -0.3 is 4.90 Å². The Kier molecular flexibility index (Phi) is 3.17. The van der Waals surface area contributed by atoms with Gasteiger partial charge in [-0.3, -0.25) is 0 Å². The van der Waals surface area contributed by atoms with Crippen LogP contribution in [-0.4, -0.2) is 21.9 Å². The van der Waals surface area contributed by atoms with Gasteiger partial charge in [-0.2, -0.15) is 9.64 Å². The molecule has 4 nitrogen and oxygen atoms in total. The largest absolute Gasteiger partial charge is 0.343 e. The summed E-state index contributed by atoms with van der Waals surface area (Å²) in [6.07, 6.45) is 3.91. The van der Waals surface area contributed by atoms with Crippen molar-refractivity contribution < 1.29 is 0 Å². The minimum Gasteiger partial charge on any atom is -0.343 e. The maximum absolute atomic E-state index is 8.61. The standard InChI is InChI=1S/C10H14N4S/c1-2-9-12-10(15-13-9)14(7-3-6-11)8-4-5-8/h8H,2-5,7H2,1H3. The number of hydrogen-bond acceptors (Lipinski definition) is 5. The van der Waals surface area contributed by atoms with E-state index in [4.69, 9.17) is 5.26 Å². The minimum absolute atomic E-state index is 0.567. The Hall–Kier alpha value is -1.15. The highest BCUT2D eigenvalue weighted by atomic mass is 32.1. The highest BCUT2D eigenvalue weighted by Gasteiger charge is 2.30. The Morgan fingerprint density at radius 2 is 2.40 bits per heavy atom. The lowest BCUT2D eigenvalue weighted by atomic mass is 10.4. The zero-order chi connectivity index (χ0) is 10.7. The molecular formula is C10H14N4S. The van der Waals surface area contributed by atoms with Gasteiger partial charge in [0.1, 0.15) is 5.82 Å². The van der Waals surface area contributed by atoms with Gasteiger partial charge >= 0.3 is 0 Å². The van der Waals surface area contributed by atoms with Gasteiger partial charge in [0.15, 0.2) is 0 Å². The molecule has 0 atom stereocenters. The second-order valence-corrected chi connectivity index (χ2v) is 4.41. The Balaban J connectivity index is 2.06. The molecule has 1 fully saturated rings. The van der Waals surface area contributed by atoms with Gasteiger partial charge in [-0.15, -0.1) is 0 Å². The van der Waals surface area contributed by atoms with Gasteiger partial charge in [0.2, 0.25) is 5.13 Å². The van der Waals surface area contributed by atoms with Crippen molar-refractivity contribution in [2.75, 3.05) is 11.4 Å². The van der Waals surface area contributed by atoms with Gasteiger partial charge in [0.05, 0.1) is 12.5 Å². The molecule has 80 valence electrons. The van der Waals surface area contributed by atoms with Crippen LogP contribution in [0.2, 0.25) is 0 Å². The summed E-state index contributed by atoms with van der Waals surface area (Å²) in [5, 5.41) is 9.60. The molecule has 0 N–H and O–H groups in total. The number of aryl methyl sites for hydroxylation is 1. The van der Waals surface area contributed by atoms with Gasteiger partial charge in [0.25, 0.3) is 0 Å². The van der Waals surface area contributed by atoms with E-state index in [9.17, 15) is 0 Å². The Bertz CT molecular complexity index is 364. The van der Waals surface area contributed by atoms with Crippen molar-refractivity contribution in [3.63, 3.8) is 0 Å². The highest BCUT2D eigenvalue weighted by Crippen LogP contribution is 2.32. The Labute approximate surface area is 93.7 Å². The maximum atomic E-state index is 8.61. The summed E-state index contributed by atoms with van der Waals surface area (Å²) < 4.78 is 4.28. The Morgan fingerprint density at radius 1 is 1.60 bits per heavy atom. The number of hydrogen-bond donors (Lipinski definition) is 0. The van der Waals surface area contributed by atoms with E-state index in [1.165, 1.54) is 24.4 Å². The van der Waals surface area contributed by atoms with Crippen molar-refractivity contribution in [3.8, 4) is 6.07 Å². The zero-order valence-electron chi connectivity index (χ0n) is 8.81. The molecule has 0 saturated heterocycles. The van der Waals surface area contributed by atoms with Crippen LogP contribution in [0.4, 0.5) is 5.13 Å². The topological polar surface area (TPSA) is 52.8 Å². The highest BCUT2D eigenvalue weighted by molar-refractivity contribution is 7.09. The molecule has 0 bridgehead atoms. The molecule has 0 spiro atoms. The average Bonchev–Trinajstić information content (AvgIpc) is 2.97. The van der Waals surface area contributed by atoms with E-state index in [0.29, 0.717) is 12.5 Å². The molecule has 0 radical (unpaired) electrons. The lowest BCUT2D eigenvalue weighted by Crippen LogP contribution is -2.26. The first kappa shape index (κ1) is 10.4. The molecular weight excluding hydrogens is 208 g/mol. The van der Waals surface area contributed by atoms with Gasteiger partial charge in [-0.05, 0) is 12.8 Å². The fourth-order valence-electron chi connectivity index (χ4n) is 1.50. The second kappa shape index (κ2) is 4.58. The predicted molar refractivity (Wildman–Crippen MR) is 59.9 cm³/mol. The van der Waals surface area contributed by atoms with Crippen LogP contribution in [0.3, 0.4) is 0 Å². The fourth-order valence-corrected chi connectivity index (χ4v) is 2.34. The molecule has 1 aromatic rings. The first-order valence-corrected chi connectivity index (χ1v) is 6.08. The molecule has 0 unspecified atom stereocenters. The lowest BCUT2D eigenvalue weighted by molar-refractivity contribution is 0.784. The quantitative estimate of drug-likeness (QED) is 0.764. The number of nitrogens with zero attached hydrogens (tertiary/aromatic N) is 4. The Morgan fingerprint density at radius 3 is 2.93 bits per heavy atom. The van der Waals surface area contributed by atoms with Crippen LogP contribution in [0.25, 0.3) is 0 Å². The van der Waals surface area contributed by atoms with Crippen molar-refractivity contribution >= 4 is 16.7 Å². The third-order valence-corrected chi connectivity index (χ3v) is 3.26. The summed E-state index contributed by atoms with van der Waals surface area (Å²) in [6.45, 7) is 2.85. The fraction of sp³-hybridized carbons (Fsp3) is 0.700. The molecule has 1 saturated carbocycles. The van der Waals surface area contributed by atoms with E-state index in [-0.39, 0.29) is 0 Å². The molecule has 2 rings (SSSR count). The maximum Gasteiger partial charge on any atom is 0.205 e. The molecule has 0 aromatic carbocycles. The molecule has 1 aliphatic rings. The monoisotopic (exact) mass is 222 g/mol. The van der Waals surface area contributed by atoms with Crippen LogP contribution in [0.15, 0.2) is 0 Å². The third kappa shape index (κ3) is 2.45. The van der Waals surface area contributed by atoms with E-state index in [1.807, 2.05) is 0 Å². The third-order valence-electron chi connectivity index (χ3n) is 2.47. The summed E-state index contributed by atoms with van der Waals surface area (Å²) in [6, 6.07) is 2.79. The van der Waals surface area contributed by atoms with Crippen molar-refractivity contribution in [2.24, 2.45) is 0 Å². The van der Waals surface area contributed by atoms with Gasteiger partial charge in [-0.25, -0.2) is 4.98 Å². The molecule has 15 heavy (non-hydrogen) atoms. The summed E-state index contributed by atoms with van der Waals surface area (Å²) in [4.78, 5) is 6.70. The van der Waals surface area contributed by atoms with Crippen molar-refractivity contribution in [2.45, 2.75) is 38.6 Å². The van der Waals surface area contributed by atoms with Crippen LogP contribution in [0, 0.1) is 11.3 Å². The number of aromatic nitrogens is 2. The number of rotatable bonds is 5. The molecule has 1 aliphatic carbocycles. The summed E-state index contributed by atoms with van der Waals surface area (Å²) >= 11 is 1.46. The average molecular weight is 222 g/mol. The molecule has 0 amide bonds. The van der Waals surface area contributed by atoms with E-state index in [2.05, 4.69) is 27.3 Å². The molecule has 1 aromatic heterocycles. The van der Waals surface area contributed by atoms with E-state index in [0.717, 1.165) is 23.9 Å². The van der Waals surface area contributed by atoms with Gasteiger partial charge in [-0.1, -0.05) is 6.92 Å².